The number of nitrogens with one attached hydrogen (secondary N) is 1. The van der Waals surface area contributed by atoms with Crippen molar-refractivity contribution in [2.75, 3.05) is 0 Å². The van der Waals surface area contributed by atoms with Gasteiger partial charge >= 0.3 is 11.7 Å². The van der Waals surface area contributed by atoms with Crippen molar-refractivity contribution < 1.29 is 4.79 Å². The maximum atomic E-state index is 11.8. The van der Waals surface area contributed by atoms with Gasteiger partial charge in [0.15, 0.2) is 0 Å². The Morgan fingerprint density at radius 2 is 1.88 bits per heavy atom. The average Bonchev–Trinajstić information content (AvgIpc) is 2.41. The van der Waals surface area contributed by atoms with E-state index in [2.05, 4.69) is 10.4 Å². The lowest BCUT2D eigenvalue weighted by atomic mass is 10.1. The van der Waals surface area contributed by atoms with E-state index in [1.807, 2.05) is 34.6 Å². The van der Waals surface area contributed by atoms with Crippen LogP contribution in [0.5, 0.6) is 0 Å². The fraction of sp³-hybridized carbons (Fsp3) is 0.727. The van der Waals surface area contributed by atoms with Crippen LogP contribution in [0.2, 0.25) is 0 Å². The summed E-state index contributed by atoms with van der Waals surface area (Å²) >= 11 is 0. The molecule has 1 heterocycles. The number of rotatable bonds is 1. The van der Waals surface area contributed by atoms with Crippen molar-refractivity contribution in [2.24, 2.45) is 7.05 Å². The molecule has 17 heavy (non-hydrogen) atoms. The first-order valence-corrected chi connectivity index (χ1v) is 5.62. The van der Waals surface area contributed by atoms with Crippen molar-refractivity contribution in [3.63, 3.8) is 0 Å². The van der Waals surface area contributed by atoms with Gasteiger partial charge in [-0.15, -0.1) is 9.78 Å². The van der Waals surface area contributed by atoms with Gasteiger partial charge in [-0.25, -0.2) is 9.59 Å². The fourth-order valence-corrected chi connectivity index (χ4v) is 1.46. The van der Waals surface area contributed by atoms with Crippen molar-refractivity contribution in [3.05, 3.63) is 16.3 Å². The second-order valence-corrected chi connectivity index (χ2v) is 5.45. The van der Waals surface area contributed by atoms with Gasteiger partial charge in [-0.2, -0.15) is 0 Å². The summed E-state index contributed by atoms with van der Waals surface area (Å²) in [7, 11) is 1.62. The van der Waals surface area contributed by atoms with Crippen molar-refractivity contribution >= 4 is 6.03 Å². The molecule has 1 amide bonds. The minimum Gasteiger partial charge on any atom is -0.331 e. The molecule has 0 aliphatic rings. The van der Waals surface area contributed by atoms with Gasteiger partial charge in [0.25, 0.3) is 0 Å². The zero-order valence-electron chi connectivity index (χ0n) is 11.2. The van der Waals surface area contributed by atoms with Crippen LogP contribution in [0.25, 0.3) is 0 Å². The molecule has 0 aliphatic carbocycles. The maximum absolute atomic E-state index is 11.8. The van der Waals surface area contributed by atoms with E-state index in [1.165, 1.54) is 4.57 Å². The number of aromatic nitrogens is 3. The molecule has 1 N–H and O–H groups in total. The standard InChI is InChI=1S/C11H20N4O2/c1-7(2)8-13-15(10(17)14(8)6)9(16)12-11(3,4)5/h7H,1-6H3,(H,12,16). The molecule has 0 aliphatic heterocycles. The number of hydrogen-bond acceptors (Lipinski definition) is 3. The van der Waals surface area contributed by atoms with Gasteiger partial charge in [-0.1, -0.05) is 13.8 Å². The monoisotopic (exact) mass is 240 g/mol. The summed E-state index contributed by atoms with van der Waals surface area (Å²) in [4.78, 5) is 23.7. The molecule has 1 aromatic heterocycles. The Kier molecular flexibility index (Phi) is 3.45. The predicted molar refractivity (Wildman–Crippen MR) is 65.2 cm³/mol. The van der Waals surface area contributed by atoms with Gasteiger partial charge in [0.1, 0.15) is 5.82 Å². The summed E-state index contributed by atoms with van der Waals surface area (Å²) in [6, 6.07) is -0.495. The summed E-state index contributed by atoms with van der Waals surface area (Å²) in [5.41, 5.74) is -0.818. The zero-order valence-corrected chi connectivity index (χ0v) is 11.2. The molecular weight excluding hydrogens is 220 g/mol. The zero-order chi connectivity index (χ0) is 13.4. The molecule has 1 aromatic rings. The quantitative estimate of drug-likeness (QED) is 0.798. The van der Waals surface area contributed by atoms with Gasteiger partial charge in [0.2, 0.25) is 0 Å². The van der Waals surface area contributed by atoms with Crippen LogP contribution in [-0.4, -0.2) is 25.9 Å². The van der Waals surface area contributed by atoms with Crippen molar-refractivity contribution in [1.82, 2.24) is 19.7 Å². The molecule has 6 nitrogen and oxygen atoms in total. The molecule has 0 radical (unpaired) electrons. The van der Waals surface area contributed by atoms with E-state index < -0.39 is 17.3 Å². The minimum absolute atomic E-state index is 0.0939. The molecule has 0 unspecified atom stereocenters. The highest BCUT2D eigenvalue weighted by molar-refractivity contribution is 5.76. The van der Waals surface area contributed by atoms with Crippen LogP contribution in [0.15, 0.2) is 4.79 Å². The number of nitrogens with zero attached hydrogens (tertiary/aromatic N) is 3. The van der Waals surface area contributed by atoms with E-state index in [9.17, 15) is 9.59 Å². The molecule has 6 heteroatoms. The van der Waals surface area contributed by atoms with Crippen molar-refractivity contribution in [1.29, 1.82) is 0 Å². The molecule has 0 saturated heterocycles. The third-order valence-corrected chi connectivity index (χ3v) is 2.20. The van der Waals surface area contributed by atoms with Gasteiger partial charge < -0.3 is 5.32 Å². The van der Waals surface area contributed by atoms with E-state index >= 15 is 0 Å². The lowest BCUT2D eigenvalue weighted by Crippen LogP contribution is -2.46. The highest BCUT2D eigenvalue weighted by Gasteiger charge is 2.21. The highest BCUT2D eigenvalue weighted by Crippen LogP contribution is 2.08. The van der Waals surface area contributed by atoms with E-state index in [-0.39, 0.29) is 5.92 Å². The first-order chi connectivity index (χ1) is 7.63. The molecule has 0 saturated carbocycles. The summed E-state index contributed by atoms with van der Waals surface area (Å²) in [6.07, 6.45) is 0. The Morgan fingerprint density at radius 3 is 2.24 bits per heavy atom. The van der Waals surface area contributed by atoms with Crippen LogP contribution in [0.1, 0.15) is 46.4 Å². The number of amides is 1. The normalized spacial score (nSPS) is 11.9. The van der Waals surface area contributed by atoms with Crippen LogP contribution in [-0.2, 0) is 7.05 Å². The molecule has 0 atom stereocenters. The summed E-state index contributed by atoms with van der Waals surface area (Å²) in [6.45, 7) is 9.40. The molecule has 0 bridgehead atoms. The lowest BCUT2D eigenvalue weighted by molar-refractivity contribution is 0.229. The fourth-order valence-electron chi connectivity index (χ4n) is 1.46. The molecule has 1 rings (SSSR count). The Morgan fingerprint density at radius 1 is 1.35 bits per heavy atom. The second-order valence-electron chi connectivity index (χ2n) is 5.45. The SMILES string of the molecule is CC(C)c1nn(C(=O)NC(C)(C)C)c(=O)n1C. The Bertz CT molecular complexity index is 477. The molecule has 0 spiro atoms. The Labute approximate surface area is 101 Å². The van der Waals surface area contributed by atoms with E-state index in [0.29, 0.717) is 5.82 Å². The lowest BCUT2D eigenvalue weighted by Gasteiger charge is -2.19. The van der Waals surface area contributed by atoms with Crippen LogP contribution < -0.4 is 11.0 Å². The topological polar surface area (TPSA) is 68.9 Å². The van der Waals surface area contributed by atoms with Crippen LogP contribution in [0.4, 0.5) is 4.79 Å². The molecule has 0 fully saturated rings. The van der Waals surface area contributed by atoms with Crippen molar-refractivity contribution in [2.45, 2.75) is 46.1 Å². The van der Waals surface area contributed by atoms with Crippen LogP contribution in [0, 0.1) is 0 Å². The van der Waals surface area contributed by atoms with Gasteiger partial charge in [0.05, 0.1) is 0 Å². The summed E-state index contributed by atoms with van der Waals surface area (Å²) in [5, 5.41) is 6.75. The number of carbonyl (C=O) groups excluding carboxylic acids is 1. The minimum atomic E-state index is -0.495. The summed E-state index contributed by atoms with van der Waals surface area (Å²) < 4.78 is 2.27. The van der Waals surface area contributed by atoms with Crippen LogP contribution in [0.3, 0.4) is 0 Å². The molecular formula is C11H20N4O2. The smallest absolute Gasteiger partial charge is 0.331 e. The van der Waals surface area contributed by atoms with Gasteiger partial charge in [-0.05, 0) is 20.8 Å². The first kappa shape index (κ1) is 13.5. The van der Waals surface area contributed by atoms with Crippen LogP contribution >= 0.6 is 0 Å². The van der Waals surface area contributed by atoms with Gasteiger partial charge in [0, 0.05) is 18.5 Å². The summed E-state index contributed by atoms with van der Waals surface area (Å²) in [5.74, 6) is 0.690. The van der Waals surface area contributed by atoms with E-state index in [4.69, 9.17) is 0 Å². The third kappa shape index (κ3) is 2.95. The molecule has 0 aromatic carbocycles. The Hall–Kier alpha value is -1.59. The van der Waals surface area contributed by atoms with Crippen molar-refractivity contribution in [3.8, 4) is 0 Å². The van der Waals surface area contributed by atoms with E-state index in [1.54, 1.807) is 7.05 Å². The highest BCUT2D eigenvalue weighted by atomic mass is 16.2. The van der Waals surface area contributed by atoms with E-state index in [0.717, 1.165) is 4.68 Å². The number of hydrogen-bond donors (Lipinski definition) is 1. The molecule has 96 valence electrons. The maximum Gasteiger partial charge on any atom is 0.354 e. The largest absolute Gasteiger partial charge is 0.354 e. The number of carbonyl (C=O) groups is 1. The predicted octanol–water partition coefficient (Wildman–Crippen LogP) is 1.06. The second kappa shape index (κ2) is 4.35. The average molecular weight is 240 g/mol. The first-order valence-electron chi connectivity index (χ1n) is 5.62. The van der Waals surface area contributed by atoms with Gasteiger partial charge in [-0.3, -0.25) is 4.57 Å². The Balaban J connectivity index is 3.12. The third-order valence-electron chi connectivity index (χ3n) is 2.20.